The van der Waals surface area contributed by atoms with E-state index in [0.717, 1.165) is 31.5 Å². The molecule has 0 spiro atoms. The number of nitrogens with zero attached hydrogens (tertiary/aromatic N) is 3. The maximum Gasteiger partial charge on any atom is 0.106 e. The van der Waals surface area contributed by atoms with Crippen LogP contribution in [-0.4, -0.2) is 22.1 Å². The lowest BCUT2D eigenvalue weighted by atomic mass is 9.92. The molecule has 1 atom stereocenters. The van der Waals surface area contributed by atoms with E-state index in [1.165, 1.54) is 5.69 Å². The van der Waals surface area contributed by atoms with Crippen molar-refractivity contribution in [3.63, 3.8) is 0 Å². The second kappa shape index (κ2) is 5.83. The second-order valence-corrected chi connectivity index (χ2v) is 4.51. The van der Waals surface area contributed by atoms with Gasteiger partial charge in [-0.05, 0) is 40.2 Å². The summed E-state index contributed by atoms with van der Waals surface area (Å²) in [5, 5.41) is 12.3. The highest BCUT2D eigenvalue weighted by Crippen LogP contribution is 2.17. The summed E-state index contributed by atoms with van der Waals surface area (Å²) in [7, 11) is 1.86. The molecule has 0 saturated carbocycles. The average molecular weight is 234 g/mol. The normalized spacial score (nSPS) is 14.3. The maximum atomic E-state index is 9.20. The summed E-state index contributed by atoms with van der Waals surface area (Å²) in [6.07, 6.45) is 4.57. The predicted molar refractivity (Wildman–Crippen MR) is 68.6 cm³/mol. The van der Waals surface area contributed by atoms with E-state index < -0.39 is 0 Å². The predicted octanol–water partition coefficient (Wildman–Crippen LogP) is 2.17. The Morgan fingerprint density at radius 2 is 2.24 bits per heavy atom. The number of nitriles is 1. The van der Waals surface area contributed by atoms with Crippen molar-refractivity contribution in [3.05, 3.63) is 17.7 Å². The van der Waals surface area contributed by atoms with Crippen LogP contribution >= 0.6 is 0 Å². The molecule has 1 aromatic heterocycles. The summed E-state index contributed by atoms with van der Waals surface area (Å²) in [5.41, 5.74) is 1.93. The molecule has 4 heteroatoms. The Bertz CT molecular complexity index is 396. The fourth-order valence-corrected chi connectivity index (χ4v) is 1.99. The lowest BCUT2D eigenvalue weighted by Crippen LogP contribution is -2.40. The Morgan fingerprint density at radius 3 is 2.65 bits per heavy atom. The van der Waals surface area contributed by atoms with E-state index in [1.54, 1.807) is 0 Å². The van der Waals surface area contributed by atoms with Gasteiger partial charge in [0, 0.05) is 12.2 Å². The number of rotatable bonds is 6. The molecule has 0 aliphatic heterocycles. The fraction of sp³-hybridized carbons (Fsp3) is 0.692. The smallest absolute Gasteiger partial charge is 0.106 e. The van der Waals surface area contributed by atoms with Crippen LogP contribution in [0.1, 0.15) is 37.6 Å². The standard InChI is InChI=1S/C13H22N4/c1-5-13(9-14,15-4)7-6-8-17-10-16-11(2)12(17)3/h10,15H,5-8H2,1-4H3. The molecule has 1 aromatic rings. The molecule has 0 aromatic carbocycles. The molecule has 94 valence electrons. The summed E-state index contributed by atoms with van der Waals surface area (Å²) in [6, 6.07) is 2.39. The molecular formula is C13H22N4. The van der Waals surface area contributed by atoms with Crippen molar-refractivity contribution >= 4 is 0 Å². The van der Waals surface area contributed by atoms with Gasteiger partial charge in [-0.15, -0.1) is 0 Å². The van der Waals surface area contributed by atoms with Crippen molar-refractivity contribution in [3.8, 4) is 6.07 Å². The number of aryl methyl sites for hydroxylation is 2. The van der Waals surface area contributed by atoms with Crippen LogP contribution in [0.4, 0.5) is 0 Å². The van der Waals surface area contributed by atoms with Crippen molar-refractivity contribution in [2.75, 3.05) is 7.05 Å². The van der Waals surface area contributed by atoms with Crippen LogP contribution in [0.3, 0.4) is 0 Å². The van der Waals surface area contributed by atoms with E-state index in [2.05, 4.69) is 27.9 Å². The van der Waals surface area contributed by atoms with Gasteiger partial charge in [0.05, 0.1) is 18.1 Å². The number of hydrogen-bond donors (Lipinski definition) is 1. The average Bonchev–Trinajstić information content (AvgIpc) is 2.67. The van der Waals surface area contributed by atoms with E-state index >= 15 is 0 Å². The molecule has 0 amide bonds. The first kappa shape index (κ1) is 13.7. The highest BCUT2D eigenvalue weighted by Gasteiger charge is 2.24. The quantitative estimate of drug-likeness (QED) is 0.820. The monoisotopic (exact) mass is 234 g/mol. The summed E-state index contributed by atoms with van der Waals surface area (Å²) < 4.78 is 2.16. The van der Waals surface area contributed by atoms with Crippen LogP contribution < -0.4 is 5.32 Å². The third-order valence-corrected chi connectivity index (χ3v) is 3.64. The Hall–Kier alpha value is -1.34. The first-order chi connectivity index (χ1) is 8.08. The Kier molecular flexibility index (Phi) is 4.71. The minimum atomic E-state index is -0.371. The molecule has 0 aliphatic rings. The zero-order chi connectivity index (χ0) is 12.9. The summed E-state index contributed by atoms with van der Waals surface area (Å²) in [5.74, 6) is 0. The van der Waals surface area contributed by atoms with E-state index in [4.69, 9.17) is 0 Å². The van der Waals surface area contributed by atoms with Crippen LogP contribution in [0.2, 0.25) is 0 Å². The van der Waals surface area contributed by atoms with Crippen molar-refractivity contribution in [1.82, 2.24) is 14.9 Å². The van der Waals surface area contributed by atoms with E-state index in [0.29, 0.717) is 0 Å². The molecule has 1 heterocycles. The minimum Gasteiger partial charge on any atom is -0.335 e. The van der Waals surface area contributed by atoms with Gasteiger partial charge in [-0.1, -0.05) is 6.92 Å². The van der Waals surface area contributed by atoms with E-state index in [1.807, 2.05) is 27.2 Å². The van der Waals surface area contributed by atoms with Gasteiger partial charge in [-0.2, -0.15) is 5.26 Å². The number of nitrogens with one attached hydrogen (secondary N) is 1. The molecule has 4 nitrogen and oxygen atoms in total. The molecule has 0 aliphatic carbocycles. The van der Waals surface area contributed by atoms with Gasteiger partial charge in [0.25, 0.3) is 0 Å². The SMILES string of the molecule is CCC(C#N)(CCCn1cnc(C)c1C)NC. The Morgan fingerprint density at radius 1 is 1.53 bits per heavy atom. The van der Waals surface area contributed by atoms with Gasteiger partial charge in [0.1, 0.15) is 5.54 Å². The molecule has 1 rings (SSSR count). The number of aromatic nitrogens is 2. The van der Waals surface area contributed by atoms with E-state index in [9.17, 15) is 5.26 Å². The summed E-state index contributed by atoms with van der Waals surface area (Å²) >= 11 is 0. The lowest BCUT2D eigenvalue weighted by Gasteiger charge is -2.24. The lowest BCUT2D eigenvalue weighted by molar-refractivity contribution is 0.379. The van der Waals surface area contributed by atoms with Crippen molar-refractivity contribution in [2.45, 2.75) is 52.1 Å². The summed E-state index contributed by atoms with van der Waals surface area (Å²) in [6.45, 7) is 7.08. The molecular weight excluding hydrogens is 212 g/mol. The molecule has 0 saturated heterocycles. The molecule has 0 bridgehead atoms. The van der Waals surface area contributed by atoms with Crippen molar-refractivity contribution in [1.29, 1.82) is 5.26 Å². The Balaban J connectivity index is 2.53. The molecule has 0 fully saturated rings. The zero-order valence-corrected chi connectivity index (χ0v) is 11.2. The zero-order valence-electron chi connectivity index (χ0n) is 11.2. The molecule has 17 heavy (non-hydrogen) atoms. The van der Waals surface area contributed by atoms with Crippen LogP contribution in [-0.2, 0) is 6.54 Å². The fourth-order valence-electron chi connectivity index (χ4n) is 1.99. The maximum absolute atomic E-state index is 9.20. The van der Waals surface area contributed by atoms with Crippen LogP contribution in [0.25, 0.3) is 0 Å². The van der Waals surface area contributed by atoms with Gasteiger partial charge in [-0.3, -0.25) is 0 Å². The van der Waals surface area contributed by atoms with Crippen LogP contribution in [0.15, 0.2) is 6.33 Å². The van der Waals surface area contributed by atoms with Gasteiger partial charge in [0.2, 0.25) is 0 Å². The topological polar surface area (TPSA) is 53.6 Å². The highest BCUT2D eigenvalue weighted by molar-refractivity contribution is 5.09. The first-order valence-corrected chi connectivity index (χ1v) is 6.17. The van der Waals surface area contributed by atoms with Crippen molar-refractivity contribution < 1.29 is 0 Å². The molecule has 0 radical (unpaired) electrons. The van der Waals surface area contributed by atoms with Crippen molar-refractivity contribution in [2.24, 2.45) is 0 Å². The van der Waals surface area contributed by atoms with Crippen LogP contribution in [0, 0.1) is 25.2 Å². The van der Waals surface area contributed by atoms with Crippen LogP contribution in [0.5, 0.6) is 0 Å². The third-order valence-electron chi connectivity index (χ3n) is 3.64. The Labute approximate surface area is 104 Å². The van der Waals surface area contributed by atoms with E-state index in [-0.39, 0.29) is 5.54 Å². The number of hydrogen-bond acceptors (Lipinski definition) is 3. The molecule has 1 unspecified atom stereocenters. The largest absolute Gasteiger partial charge is 0.335 e. The highest BCUT2D eigenvalue weighted by atomic mass is 15.0. The number of imidazole rings is 1. The summed E-state index contributed by atoms with van der Waals surface area (Å²) in [4.78, 5) is 4.27. The second-order valence-electron chi connectivity index (χ2n) is 4.51. The minimum absolute atomic E-state index is 0.371. The third kappa shape index (κ3) is 3.07. The van der Waals surface area contributed by atoms with Gasteiger partial charge in [-0.25, -0.2) is 4.98 Å². The molecule has 1 N–H and O–H groups in total. The van der Waals surface area contributed by atoms with Gasteiger partial charge >= 0.3 is 0 Å². The first-order valence-electron chi connectivity index (χ1n) is 6.17. The van der Waals surface area contributed by atoms with Gasteiger partial charge in [0.15, 0.2) is 0 Å². The van der Waals surface area contributed by atoms with Gasteiger partial charge < -0.3 is 9.88 Å².